The average Bonchev–Trinajstić information content (AvgIpc) is 3.05. The maximum atomic E-state index is 13.8. The topological polar surface area (TPSA) is 148 Å². The lowest BCUT2D eigenvalue weighted by atomic mass is 9.84. The molecule has 0 aromatic heterocycles. The van der Waals surface area contributed by atoms with Crippen molar-refractivity contribution < 1.29 is 29.0 Å². The fraction of sp³-hybridized carbons (Fsp3) is 0.568. The van der Waals surface area contributed by atoms with Gasteiger partial charge in [-0.05, 0) is 36.3 Å². The van der Waals surface area contributed by atoms with E-state index in [4.69, 9.17) is 10.5 Å². The van der Waals surface area contributed by atoms with E-state index in [0.29, 0.717) is 6.42 Å². The molecule has 2 aromatic rings. The van der Waals surface area contributed by atoms with Crippen molar-refractivity contribution in [1.82, 2.24) is 10.6 Å². The van der Waals surface area contributed by atoms with Crippen molar-refractivity contribution in [3.63, 3.8) is 0 Å². The second-order valence-electron chi connectivity index (χ2n) is 12.5. The van der Waals surface area contributed by atoms with Crippen LogP contribution >= 0.6 is 0 Å². The zero-order chi connectivity index (χ0) is 34.1. The minimum Gasteiger partial charge on any atom is -0.480 e. The molecule has 0 saturated heterocycles. The number of amides is 2. The van der Waals surface area contributed by atoms with E-state index in [9.17, 15) is 24.3 Å². The van der Waals surface area contributed by atoms with Crippen LogP contribution in [0.1, 0.15) is 109 Å². The maximum absolute atomic E-state index is 13.8. The van der Waals surface area contributed by atoms with E-state index in [1.165, 1.54) is 26.2 Å². The molecule has 0 radical (unpaired) electrons. The van der Waals surface area contributed by atoms with Gasteiger partial charge in [0.15, 0.2) is 0 Å². The van der Waals surface area contributed by atoms with Crippen LogP contribution in [0.5, 0.6) is 0 Å². The molecule has 0 heterocycles. The van der Waals surface area contributed by atoms with Crippen LogP contribution in [-0.2, 0) is 23.9 Å². The first-order valence-electron chi connectivity index (χ1n) is 16.9. The highest BCUT2D eigenvalue weighted by molar-refractivity contribution is 5.91. The van der Waals surface area contributed by atoms with Gasteiger partial charge in [-0.1, -0.05) is 133 Å². The Hall–Kier alpha value is -3.72. The van der Waals surface area contributed by atoms with E-state index < -0.39 is 53.9 Å². The van der Waals surface area contributed by atoms with E-state index >= 15 is 0 Å². The molecule has 0 saturated carbocycles. The fourth-order valence-electron chi connectivity index (χ4n) is 5.48. The van der Waals surface area contributed by atoms with Gasteiger partial charge in [-0.2, -0.15) is 0 Å². The molecule has 9 nitrogen and oxygen atoms in total. The second kappa shape index (κ2) is 20.4. The number of rotatable bonds is 21. The maximum Gasteiger partial charge on any atom is 0.325 e. The Kier molecular flexibility index (Phi) is 17.1. The van der Waals surface area contributed by atoms with Gasteiger partial charge in [0.2, 0.25) is 11.8 Å². The number of carbonyl (C=O) groups excluding carboxylic acids is 3. The van der Waals surface area contributed by atoms with E-state index in [-0.39, 0.29) is 18.3 Å². The lowest BCUT2D eigenvalue weighted by Gasteiger charge is -2.31. The largest absolute Gasteiger partial charge is 0.480 e. The summed E-state index contributed by atoms with van der Waals surface area (Å²) >= 11 is 0. The molecule has 46 heavy (non-hydrogen) atoms. The predicted molar refractivity (Wildman–Crippen MR) is 181 cm³/mol. The Morgan fingerprint density at radius 2 is 1.33 bits per heavy atom. The Morgan fingerprint density at radius 3 is 1.85 bits per heavy atom. The highest BCUT2D eigenvalue weighted by Gasteiger charge is 2.35. The molecule has 6 atom stereocenters. The Labute approximate surface area is 275 Å². The fourth-order valence-corrected chi connectivity index (χ4v) is 5.48. The molecule has 0 aliphatic heterocycles. The highest BCUT2D eigenvalue weighted by atomic mass is 16.5. The molecule has 254 valence electrons. The SMILES string of the molecule is CCCCCCCC[C@H](C)[C@H](CC(=O)N[C@H](C(=O)N[C@@H](C)C(=O)O)C(c1ccccc1)c1ccccc1)OC(=O)[C@H](N)[C@@H](C)CC. The third-order valence-electron chi connectivity index (χ3n) is 8.81. The van der Waals surface area contributed by atoms with E-state index in [1.54, 1.807) is 0 Å². The lowest BCUT2D eigenvalue weighted by Crippen LogP contribution is -2.54. The number of nitrogens with one attached hydrogen (secondary N) is 2. The van der Waals surface area contributed by atoms with Crippen LogP contribution in [-0.4, -0.2) is 53.1 Å². The molecule has 0 unspecified atom stereocenters. The summed E-state index contributed by atoms with van der Waals surface area (Å²) < 4.78 is 5.93. The van der Waals surface area contributed by atoms with Crippen molar-refractivity contribution in [3.8, 4) is 0 Å². The number of esters is 1. The summed E-state index contributed by atoms with van der Waals surface area (Å²) in [7, 11) is 0. The van der Waals surface area contributed by atoms with Crippen LogP contribution in [0.25, 0.3) is 0 Å². The predicted octanol–water partition coefficient (Wildman–Crippen LogP) is 5.95. The monoisotopic (exact) mass is 637 g/mol. The molecule has 2 rings (SSSR count). The quantitative estimate of drug-likeness (QED) is 0.0976. The number of hydrogen-bond acceptors (Lipinski definition) is 6. The molecule has 0 fully saturated rings. The van der Waals surface area contributed by atoms with Gasteiger partial charge in [-0.15, -0.1) is 0 Å². The Bertz CT molecular complexity index is 1170. The number of benzene rings is 2. The minimum absolute atomic E-state index is 0.0855. The Morgan fingerprint density at radius 1 is 0.783 bits per heavy atom. The first-order valence-corrected chi connectivity index (χ1v) is 16.9. The van der Waals surface area contributed by atoms with Crippen molar-refractivity contribution in [2.45, 2.75) is 123 Å². The van der Waals surface area contributed by atoms with Crippen LogP contribution in [0.15, 0.2) is 60.7 Å². The first kappa shape index (κ1) is 38.5. The summed E-state index contributed by atoms with van der Waals surface area (Å²) in [6.45, 7) is 9.37. The van der Waals surface area contributed by atoms with Gasteiger partial charge in [0, 0.05) is 5.92 Å². The van der Waals surface area contributed by atoms with Crippen molar-refractivity contribution in [3.05, 3.63) is 71.8 Å². The van der Waals surface area contributed by atoms with Gasteiger partial charge in [0.25, 0.3) is 0 Å². The third-order valence-corrected chi connectivity index (χ3v) is 8.81. The molecular weight excluding hydrogens is 582 g/mol. The minimum atomic E-state index is -1.19. The number of hydrogen-bond donors (Lipinski definition) is 4. The highest BCUT2D eigenvalue weighted by Crippen LogP contribution is 2.29. The zero-order valence-corrected chi connectivity index (χ0v) is 28.2. The lowest BCUT2D eigenvalue weighted by molar-refractivity contribution is -0.156. The molecule has 0 spiro atoms. The van der Waals surface area contributed by atoms with Crippen LogP contribution in [0, 0.1) is 11.8 Å². The molecular formula is C37H55N3O6. The number of carbonyl (C=O) groups is 4. The molecule has 0 aliphatic carbocycles. The Balaban J connectivity index is 2.37. The third kappa shape index (κ3) is 12.6. The van der Waals surface area contributed by atoms with Crippen molar-refractivity contribution in [1.29, 1.82) is 0 Å². The van der Waals surface area contributed by atoms with Crippen LogP contribution in [0.3, 0.4) is 0 Å². The molecule has 2 aromatic carbocycles. The van der Waals surface area contributed by atoms with E-state index in [1.807, 2.05) is 81.4 Å². The summed E-state index contributed by atoms with van der Waals surface area (Å²) in [5.74, 6) is -3.67. The van der Waals surface area contributed by atoms with Crippen molar-refractivity contribution >= 4 is 23.8 Å². The van der Waals surface area contributed by atoms with E-state index in [2.05, 4.69) is 17.6 Å². The number of carboxylic acids is 1. The van der Waals surface area contributed by atoms with Gasteiger partial charge in [-0.25, -0.2) is 0 Å². The van der Waals surface area contributed by atoms with Gasteiger partial charge in [0.1, 0.15) is 24.2 Å². The summed E-state index contributed by atoms with van der Waals surface area (Å²) in [6, 6.07) is 15.5. The van der Waals surface area contributed by atoms with E-state index in [0.717, 1.165) is 36.8 Å². The smallest absolute Gasteiger partial charge is 0.325 e. The molecule has 0 aliphatic rings. The van der Waals surface area contributed by atoms with Crippen LogP contribution < -0.4 is 16.4 Å². The zero-order valence-electron chi connectivity index (χ0n) is 28.2. The summed E-state index contributed by atoms with van der Waals surface area (Å²) in [5.41, 5.74) is 7.75. The number of ether oxygens (including phenoxy) is 1. The van der Waals surface area contributed by atoms with Crippen LogP contribution in [0.2, 0.25) is 0 Å². The first-order chi connectivity index (χ1) is 22.0. The summed E-state index contributed by atoms with van der Waals surface area (Å²) in [6.07, 6.45) is 7.27. The normalized spacial score (nSPS) is 15.2. The van der Waals surface area contributed by atoms with Crippen LogP contribution in [0.4, 0.5) is 0 Å². The molecule has 2 amide bonds. The number of carboxylic acid groups (broad SMARTS) is 1. The van der Waals surface area contributed by atoms with Gasteiger partial charge < -0.3 is 26.2 Å². The van der Waals surface area contributed by atoms with Crippen molar-refractivity contribution in [2.75, 3.05) is 0 Å². The summed E-state index contributed by atoms with van der Waals surface area (Å²) in [4.78, 5) is 52.3. The van der Waals surface area contributed by atoms with Gasteiger partial charge in [0.05, 0.1) is 6.42 Å². The molecule has 5 N–H and O–H groups in total. The molecule has 9 heteroatoms. The average molecular weight is 638 g/mol. The number of unbranched alkanes of at least 4 members (excludes halogenated alkanes) is 5. The standard InChI is InChI=1S/C37H55N3O6/c1-6-8-9-10-11-14-19-26(4)30(46-37(45)33(38)25(3)7-2)24-31(41)40-34(35(42)39-27(5)36(43)44)32(28-20-15-12-16-21-28)29-22-17-13-18-23-29/h12-13,15-18,20-23,25-27,30,32-34H,6-11,14,19,24,38H2,1-5H3,(H,39,42)(H,40,41)(H,43,44)/t25-,26-,27-,30-,33+,34-/m0/s1. The second-order valence-corrected chi connectivity index (χ2v) is 12.5. The number of nitrogens with two attached hydrogens (primary N) is 1. The van der Waals surface area contributed by atoms with Gasteiger partial charge >= 0.3 is 11.9 Å². The van der Waals surface area contributed by atoms with Gasteiger partial charge in [-0.3, -0.25) is 19.2 Å². The summed E-state index contributed by atoms with van der Waals surface area (Å²) in [5, 5.41) is 14.9. The van der Waals surface area contributed by atoms with Crippen molar-refractivity contribution in [2.24, 2.45) is 17.6 Å². The molecule has 0 bridgehead atoms. The number of aliphatic carboxylic acids is 1.